The summed E-state index contributed by atoms with van der Waals surface area (Å²) in [7, 11) is 0. The van der Waals surface area contributed by atoms with Crippen LogP contribution in [0.2, 0.25) is 0 Å². The summed E-state index contributed by atoms with van der Waals surface area (Å²) in [5.74, 6) is 1.36. The summed E-state index contributed by atoms with van der Waals surface area (Å²) in [6.45, 7) is 3.05. The quantitative estimate of drug-likeness (QED) is 0.935. The van der Waals surface area contributed by atoms with Crippen molar-refractivity contribution < 1.29 is 18.4 Å². The second kappa shape index (κ2) is 5.87. The predicted molar refractivity (Wildman–Crippen MR) is 78.2 cm³/mol. The molecule has 0 bridgehead atoms. The average Bonchev–Trinajstić information content (AvgIpc) is 3.27. The van der Waals surface area contributed by atoms with E-state index in [1.54, 1.807) is 6.26 Å². The zero-order valence-corrected chi connectivity index (χ0v) is 12.4. The summed E-state index contributed by atoms with van der Waals surface area (Å²) >= 11 is 0. The molecule has 1 unspecified atom stereocenters. The molecular weight excluding hydrogens is 284 g/mol. The Balaban J connectivity index is 1.40. The van der Waals surface area contributed by atoms with Crippen LogP contribution in [0, 0.1) is 0 Å². The van der Waals surface area contributed by atoms with Crippen LogP contribution in [0.15, 0.2) is 33.4 Å². The Labute approximate surface area is 128 Å². The van der Waals surface area contributed by atoms with Gasteiger partial charge < -0.3 is 23.7 Å². The molecule has 6 nitrogen and oxygen atoms in total. The molecular formula is C16H20N2O4. The summed E-state index contributed by atoms with van der Waals surface area (Å²) in [5.41, 5.74) is 0.812. The number of hydrogen-bond donors (Lipinski definition) is 1. The number of aromatic nitrogens is 1. The van der Waals surface area contributed by atoms with Gasteiger partial charge in [-0.25, -0.2) is 0 Å². The van der Waals surface area contributed by atoms with Gasteiger partial charge in [0.1, 0.15) is 0 Å². The molecule has 6 heteroatoms. The largest absolute Gasteiger partial charge is 0.461 e. The Morgan fingerprint density at radius 3 is 2.95 bits per heavy atom. The molecule has 1 spiro atoms. The molecule has 0 saturated carbocycles. The van der Waals surface area contributed by atoms with E-state index < -0.39 is 0 Å². The Hall–Kier alpha value is -1.63. The molecule has 22 heavy (non-hydrogen) atoms. The molecule has 4 rings (SSSR count). The van der Waals surface area contributed by atoms with Crippen LogP contribution in [0.3, 0.4) is 0 Å². The second-order valence-corrected chi connectivity index (χ2v) is 5.91. The van der Waals surface area contributed by atoms with Gasteiger partial charge in [0.25, 0.3) is 0 Å². The predicted octanol–water partition coefficient (Wildman–Crippen LogP) is 2.36. The molecule has 4 heterocycles. The molecule has 1 atom stereocenters. The topological polar surface area (TPSA) is 69.7 Å². The normalized spacial score (nSPS) is 24.1. The summed E-state index contributed by atoms with van der Waals surface area (Å²) < 4.78 is 22.2. The lowest BCUT2D eigenvalue weighted by molar-refractivity contribution is -0.0886. The molecule has 2 aliphatic rings. The molecule has 2 fully saturated rings. The van der Waals surface area contributed by atoms with Gasteiger partial charge in [0.15, 0.2) is 5.76 Å². The lowest BCUT2D eigenvalue weighted by Gasteiger charge is -2.37. The molecule has 0 aliphatic carbocycles. The molecule has 0 amide bonds. The first-order chi connectivity index (χ1) is 10.9. The van der Waals surface area contributed by atoms with Crippen LogP contribution in [0.1, 0.15) is 25.0 Å². The van der Waals surface area contributed by atoms with Gasteiger partial charge in [0, 0.05) is 51.3 Å². The van der Waals surface area contributed by atoms with Crippen molar-refractivity contribution >= 4 is 0 Å². The first-order valence-electron chi connectivity index (χ1n) is 7.80. The van der Waals surface area contributed by atoms with Crippen molar-refractivity contribution in [3.63, 3.8) is 0 Å². The third kappa shape index (κ3) is 2.58. The van der Waals surface area contributed by atoms with Gasteiger partial charge in [-0.05, 0) is 18.6 Å². The van der Waals surface area contributed by atoms with Gasteiger partial charge in [-0.2, -0.15) is 0 Å². The van der Waals surface area contributed by atoms with Crippen molar-refractivity contribution in [3.8, 4) is 11.5 Å². The lowest BCUT2D eigenvalue weighted by Crippen LogP contribution is -2.50. The molecule has 118 valence electrons. The highest BCUT2D eigenvalue weighted by Gasteiger charge is 2.45. The van der Waals surface area contributed by atoms with E-state index in [-0.39, 0.29) is 5.60 Å². The highest BCUT2D eigenvalue weighted by atomic mass is 16.5. The molecule has 2 aromatic heterocycles. The SMILES string of the molecule is c1coc(-c2cc(CNC3CCOC34CCOCC4)no2)c1. The van der Waals surface area contributed by atoms with E-state index in [9.17, 15) is 0 Å². The van der Waals surface area contributed by atoms with Gasteiger partial charge in [0.05, 0.1) is 17.6 Å². The molecule has 0 radical (unpaired) electrons. The number of hydrogen-bond acceptors (Lipinski definition) is 6. The van der Waals surface area contributed by atoms with E-state index in [2.05, 4.69) is 10.5 Å². The smallest absolute Gasteiger partial charge is 0.202 e. The number of nitrogens with one attached hydrogen (secondary N) is 1. The van der Waals surface area contributed by atoms with Crippen LogP contribution in [0.4, 0.5) is 0 Å². The number of furan rings is 1. The van der Waals surface area contributed by atoms with E-state index in [1.165, 1.54) is 0 Å². The molecule has 1 N–H and O–H groups in total. The maximum absolute atomic E-state index is 6.05. The van der Waals surface area contributed by atoms with Crippen molar-refractivity contribution in [2.45, 2.75) is 37.5 Å². The summed E-state index contributed by atoms with van der Waals surface area (Å²) in [5, 5.41) is 7.69. The highest BCUT2D eigenvalue weighted by Crippen LogP contribution is 2.35. The zero-order valence-electron chi connectivity index (χ0n) is 12.4. The van der Waals surface area contributed by atoms with Crippen molar-refractivity contribution in [1.82, 2.24) is 10.5 Å². The fourth-order valence-corrected chi connectivity index (χ4v) is 3.40. The Morgan fingerprint density at radius 2 is 2.14 bits per heavy atom. The average molecular weight is 304 g/mol. The third-order valence-corrected chi connectivity index (χ3v) is 4.62. The second-order valence-electron chi connectivity index (χ2n) is 5.91. The summed E-state index contributed by atoms with van der Waals surface area (Å²) in [6.07, 6.45) is 4.58. The molecule has 2 aromatic rings. The van der Waals surface area contributed by atoms with Gasteiger partial charge in [0.2, 0.25) is 5.76 Å². The van der Waals surface area contributed by atoms with Crippen molar-refractivity contribution in [2.75, 3.05) is 19.8 Å². The van der Waals surface area contributed by atoms with Crippen molar-refractivity contribution in [1.29, 1.82) is 0 Å². The van der Waals surface area contributed by atoms with Crippen LogP contribution in [-0.2, 0) is 16.0 Å². The first-order valence-corrected chi connectivity index (χ1v) is 7.80. The van der Waals surface area contributed by atoms with Gasteiger partial charge >= 0.3 is 0 Å². The minimum Gasteiger partial charge on any atom is -0.461 e. The number of ether oxygens (including phenoxy) is 2. The summed E-state index contributed by atoms with van der Waals surface area (Å²) in [4.78, 5) is 0. The van der Waals surface area contributed by atoms with E-state index in [1.807, 2.05) is 18.2 Å². The Morgan fingerprint density at radius 1 is 1.23 bits per heavy atom. The number of rotatable bonds is 4. The number of nitrogens with zero attached hydrogens (tertiary/aromatic N) is 1. The van der Waals surface area contributed by atoms with E-state index in [0.717, 1.165) is 44.8 Å². The monoisotopic (exact) mass is 304 g/mol. The minimum absolute atomic E-state index is 0.0637. The van der Waals surface area contributed by atoms with Crippen molar-refractivity contribution in [3.05, 3.63) is 30.2 Å². The highest BCUT2D eigenvalue weighted by molar-refractivity contribution is 5.49. The standard InChI is InChI=1S/C16H20N2O4/c1-2-13(20-6-1)14-10-12(18-22-14)11-17-15-3-7-21-16(15)4-8-19-9-5-16/h1-2,6,10,15,17H,3-5,7-9,11H2. The molecule has 0 aromatic carbocycles. The summed E-state index contributed by atoms with van der Waals surface area (Å²) in [6, 6.07) is 5.96. The third-order valence-electron chi connectivity index (χ3n) is 4.62. The van der Waals surface area contributed by atoms with Crippen LogP contribution in [0.25, 0.3) is 11.5 Å². The Kier molecular flexibility index (Phi) is 3.73. The maximum Gasteiger partial charge on any atom is 0.202 e. The maximum atomic E-state index is 6.05. The van der Waals surface area contributed by atoms with Crippen LogP contribution in [-0.4, -0.2) is 36.6 Å². The van der Waals surface area contributed by atoms with E-state index >= 15 is 0 Å². The fourth-order valence-electron chi connectivity index (χ4n) is 3.40. The first kappa shape index (κ1) is 14.0. The van der Waals surface area contributed by atoms with Gasteiger partial charge in [-0.15, -0.1) is 0 Å². The minimum atomic E-state index is -0.0637. The molecule has 2 aliphatic heterocycles. The van der Waals surface area contributed by atoms with Crippen LogP contribution < -0.4 is 5.32 Å². The van der Waals surface area contributed by atoms with E-state index in [4.69, 9.17) is 18.4 Å². The van der Waals surface area contributed by atoms with Crippen molar-refractivity contribution in [2.24, 2.45) is 0 Å². The fraction of sp³-hybridized carbons (Fsp3) is 0.562. The molecule has 2 saturated heterocycles. The van der Waals surface area contributed by atoms with Gasteiger partial charge in [-0.1, -0.05) is 5.16 Å². The zero-order chi connectivity index (χ0) is 14.8. The van der Waals surface area contributed by atoms with Crippen LogP contribution >= 0.6 is 0 Å². The van der Waals surface area contributed by atoms with Crippen LogP contribution in [0.5, 0.6) is 0 Å². The lowest BCUT2D eigenvalue weighted by atomic mass is 9.86. The van der Waals surface area contributed by atoms with E-state index in [0.29, 0.717) is 24.1 Å². The Bertz CT molecular complexity index is 601. The van der Waals surface area contributed by atoms with Gasteiger partial charge in [-0.3, -0.25) is 0 Å².